The van der Waals surface area contributed by atoms with E-state index in [1.54, 1.807) is 26.0 Å². The van der Waals surface area contributed by atoms with Gasteiger partial charge in [-0.05, 0) is 38.1 Å². The van der Waals surface area contributed by atoms with Crippen LogP contribution in [0.15, 0.2) is 45.8 Å². The molecule has 27 heavy (non-hydrogen) atoms. The molecule has 1 aromatic carbocycles. The summed E-state index contributed by atoms with van der Waals surface area (Å²) in [7, 11) is 0. The predicted molar refractivity (Wildman–Crippen MR) is 92.2 cm³/mol. The number of hydrogen-bond donors (Lipinski definition) is 0. The van der Waals surface area contributed by atoms with E-state index in [-0.39, 0.29) is 22.1 Å². The number of benzene rings is 1. The quantitative estimate of drug-likeness (QED) is 0.498. The zero-order valence-electron chi connectivity index (χ0n) is 14.3. The largest absolute Gasteiger partial charge is 0.361 e. The van der Waals surface area contributed by atoms with Gasteiger partial charge >= 0.3 is 0 Å². The van der Waals surface area contributed by atoms with E-state index < -0.39 is 17.5 Å². The lowest BCUT2D eigenvalue weighted by Crippen LogP contribution is -2.11. The van der Waals surface area contributed by atoms with Gasteiger partial charge in [0, 0.05) is 12.3 Å². The van der Waals surface area contributed by atoms with Crippen LogP contribution in [0.3, 0.4) is 0 Å². The zero-order valence-corrected chi connectivity index (χ0v) is 14.3. The number of halogens is 3. The van der Waals surface area contributed by atoms with Gasteiger partial charge < -0.3 is 4.52 Å². The predicted octanol–water partition coefficient (Wildman–Crippen LogP) is 4.07. The molecule has 5 nitrogen and oxygen atoms in total. The normalized spacial score (nSPS) is 11.3. The van der Waals surface area contributed by atoms with Crippen molar-refractivity contribution < 1.29 is 17.7 Å². The first kappa shape index (κ1) is 17.0. The molecule has 0 aliphatic carbocycles. The van der Waals surface area contributed by atoms with Crippen LogP contribution in [-0.2, 0) is 0 Å². The number of pyridine rings is 2. The van der Waals surface area contributed by atoms with Crippen molar-refractivity contribution >= 4 is 11.0 Å². The molecule has 0 unspecified atom stereocenters. The topological polar surface area (TPSA) is 60.9 Å². The first-order chi connectivity index (χ1) is 12.9. The van der Waals surface area contributed by atoms with Crippen molar-refractivity contribution in [3.05, 3.63) is 75.7 Å². The molecule has 4 rings (SSSR count). The lowest BCUT2D eigenvalue weighted by atomic mass is 10.1. The van der Waals surface area contributed by atoms with Crippen molar-refractivity contribution in [1.82, 2.24) is 14.7 Å². The summed E-state index contributed by atoms with van der Waals surface area (Å²) in [5.41, 5.74) is 1.21. The van der Waals surface area contributed by atoms with Crippen LogP contribution in [0.25, 0.3) is 28.0 Å². The minimum Gasteiger partial charge on any atom is -0.361 e. The molecule has 0 aliphatic rings. The Morgan fingerprint density at radius 1 is 1.00 bits per heavy atom. The number of hydrogen-bond acceptors (Lipinski definition) is 4. The Labute approximate surface area is 150 Å². The van der Waals surface area contributed by atoms with Gasteiger partial charge in [0.1, 0.15) is 11.4 Å². The molecule has 0 radical (unpaired) electrons. The third-order valence-corrected chi connectivity index (χ3v) is 4.31. The standard InChI is InChI=1S/C19H12F3N3O2/c1-9-16(10(2)27-24-9)13-5-3-11-15(26)7-8-25(19(11)23-13)14-6-4-12(20)17(21)18(14)22/h3-8H,1-2H3. The highest BCUT2D eigenvalue weighted by atomic mass is 19.2. The number of aromatic nitrogens is 3. The van der Waals surface area contributed by atoms with Crippen molar-refractivity contribution in [2.24, 2.45) is 0 Å². The fourth-order valence-electron chi connectivity index (χ4n) is 3.01. The van der Waals surface area contributed by atoms with E-state index in [4.69, 9.17) is 4.52 Å². The van der Waals surface area contributed by atoms with E-state index in [9.17, 15) is 18.0 Å². The van der Waals surface area contributed by atoms with Crippen LogP contribution in [0.2, 0.25) is 0 Å². The molecule has 0 atom stereocenters. The second-order valence-corrected chi connectivity index (χ2v) is 6.01. The van der Waals surface area contributed by atoms with Crippen LogP contribution in [-0.4, -0.2) is 14.7 Å². The molecule has 3 heterocycles. The van der Waals surface area contributed by atoms with E-state index in [2.05, 4.69) is 10.1 Å². The highest BCUT2D eigenvalue weighted by Crippen LogP contribution is 2.28. The van der Waals surface area contributed by atoms with Crippen molar-refractivity contribution in [3.63, 3.8) is 0 Å². The molecule has 0 N–H and O–H groups in total. The van der Waals surface area contributed by atoms with Gasteiger partial charge in [-0.15, -0.1) is 0 Å². The lowest BCUT2D eigenvalue weighted by molar-refractivity contribution is 0.393. The van der Waals surface area contributed by atoms with Crippen LogP contribution in [0.5, 0.6) is 0 Å². The summed E-state index contributed by atoms with van der Waals surface area (Å²) in [6, 6.07) is 6.28. The van der Waals surface area contributed by atoms with Crippen LogP contribution in [0, 0.1) is 31.3 Å². The second-order valence-electron chi connectivity index (χ2n) is 6.01. The van der Waals surface area contributed by atoms with Gasteiger partial charge in [-0.3, -0.25) is 9.36 Å². The second kappa shape index (κ2) is 6.08. The molecule has 4 aromatic rings. The number of fused-ring (bicyclic) bond motifs is 1. The summed E-state index contributed by atoms with van der Waals surface area (Å²) in [4.78, 5) is 16.6. The number of aryl methyl sites for hydroxylation is 2. The smallest absolute Gasteiger partial charge is 0.196 e. The molecule has 8 heteroatoms. The highest BCUT2D eigenvalue weighted by molar-refractivity contribution is 5.80. The Morgan fingerprint density at radius 2 is 1.78 bits per heavy atom. The number of nitrogens with zero attached hydrogens (tertiary/aromatic N) is 3. The molecular weight excluding hydrogens is 359 g/mol. The van der Waals surface area contributed by atoms with Gasteiger partial charge in [-0.1, -0.05) is 5.16 Å². The molecule has 0 saturated carbocycles. The Balaban J connectivity index is 2.05. The summed E-state index contributed by atoms with van der Waals surface area (Å²) in [6.07, 6.45) is 1.27. The summed E-state index contributed by atoms with van der Waals surface area (Å²) in [5, 5.41) is 4.08. The maximum absolute atomic E-state index is 14.3. The van der Waals surface area contributed by atoms with E-state index >= 15 is 0 Å². The molecule has 0 amide bonds. The average Bonchev–Trinajstić information content (AvgIpc) is 2.99. The molecule has 0 fully saturated rings. The SMILES string of the molecule is Cc1noc(C)c1-c1ccc2c(=O)ccn(-c3ccc(F)c(F)c3F)c2n1. The van der Waals surface area contributed by atoms with E-state index in [1.807, 2.05) is 0 Å². The molecule has 0 saturated heterocycles. The molecule has 3 aromatic heterocycles. The summed E-state index contributed by atoms with van der Waals surface area (Å²) in [5.74, 6) is -3.74. The number of rotatable bonds is 2. The third-order valence-electron chi connectivity index (χ3n) is 4.31. The lowest BCUT2D eigenvalue weighted by Gasteiger charge is -2.12. The maximum atomic E-state index is 14.3. The Kier molecular flexibility index (Phi) is 3.83. The first-order valence-corrected chi connectivity index (χ1v) is 7.98. The van der Waals surface area contributed by atoms with Gasteiger partial charge in [-0.2, -0.15) is 0 Å². The summed E-state index contributed by atoms with van der Waals surface area (Å²) < 4.78 is 47.6. The van der Waals surface area contributed by atoms with Crippen molar-refractivity contribution in [3.8, 4) is 16.9 Å². The van der Waals surface area contributed by atoms with E-state index in [1.165, 1.54) is 16.8 Å². The first-order valence-electron chi connectivity index (χ1n) is 7.98. The molecule has 0 bridgehead atoms. The molecule has 0 spiro atoms. The fourth-order valence-corrected chi connectivity index (χ4v) is 3.01. The van der Waals surface area contributed by atoms with Crippen molar-refractivity contribution in [1.29, 1.82) is 0 Å². The Morgan fingerprint density at radius 3 is 2.48 bits per heavy atom. The van der Waals surface area contributed by atoms with Gasteiger partial charge in [0.05, 0.1) is 28.0 Å². The third kappa shape index (κ3) is 2.61. The van der Waals surface area contributed by atoms with Crippen molar-refractivity contribution in [2.75, 3.05) is 0 Å². The minimum absolute atomic E-state index is 0.102. The van der Waals surface area contributed by atoms with Gasteiger partial charge in [0.15, 0.2) is 22.9 Å². The molecular formula is C19H12F3N3O2. The summed E-state index contributed by atoms with van der Waals surface area (Å²) >= 11 is 0. The highest BCUT2D eigenvalue weighted by Gasteiger charge is 2.18. The maximum Gasteiger partial charge on any atom is 0.196 e. The molecule has 136 valence electrons. The zero-order chi connectivity index (χ0) is 19.3. The Hall–Kier alpha value is -3.42. The van der Waals surface area contributed by atoms with E-state index in [0.717, 1.165) is 12.1 Å². The minimum atomic E-state index is -1.60. The fraction of sp³-hybridized carbons (Fsp3) is 0.105. The summed E-state index contributed by atoms with van der Waals surface area (Å²) in [6.45, 7) is 3.46. The van der Waals surface area contributed by atoms with Gasteiger partial charge in [-0.25, -0.2) is 18.2 Å². The molecule has 0 aliphatic heterocycles. The average molecular weight is 371 g/mol. The Bertz CT molecular complexity index is 1240. The van der Waals surface area contributed by atoms with Gasteiger partial charge in [0.2, 0.25) is 0 Å². The van der Waals surface area contributed by atoms with Crippen LogP contribution >= 0.6 is 0 Å². The van der Waals surface area contributed by atoms with E-state index in [0.29, 0.717) is 22.7 Å². The van der Waals surface area contributed by atoms with Crippen molar-refractivity contribution in [2.45, 2.75) is 13.8 Å². The monoisotopic (exact) mass is 371 g/mol. The van der Waals surface area contributed by atoms with Crippen LogP contribution in [0.1, 0.15) is 11.5 Å². The van der Waals surface area contributed by atoms with Crippen LogP contribution < -0.4 is 5.43 Å². The van der Waals surface area contributed by atoms with Crippen LogP contribution in [0.4, 0.5) is 13.2 Å². The van der Waals surface area contributed by atoms with Gasteiger partial charge in [0.25, 0.3) is 0 Å².